The molecule has 3 aliphatic carbocycles. The average Bonchev–Trinajstić information content (AvgIpc) is 3.12. The molecule has 0 aromatic heterocycles. The molecule has 0 N–H and O–H groups in total. The minimum Gasteiger partial charge on any atom is -0.427 e. The molecule has 1 heterocycles. The largest absolute Gasteiger partial charge is 0.427 e. The fourth-order valence-corrected chi connectivity index (χ4v) is 6.55. The smallest absolute Gasteiger partial charge is 0.308 e. The van der Waals surface area contributed by atoms with E-state index in [1.54, 1.807) is 24.3 Å². The van der Waals surface area contributed by atoms with Crippen LogP contribution in [0.15, 0.2) is 72.8 Å². The number of carbonyl (C=O) groups excluding carboxylic acids is 4. The van der Waals surface area contributed by atoms with Gasteiger partial charge < -0.3 is 9.53 Å². The predicted octanol–water partition coefficient (Wildman–Crippen LogP) is 3.54. The van der Waals surface area contributed by atoms with Gasteiger partial charge in [-0.1, -0.05) is 55.5 Å². The molecule has 0 unspecified atom stereocenters. The van der Waals surface area contributed by atoms with Gasteiger partial charge in [0.2, 0.25) is 11.8 Å². The first-order valence-electron chi connectivity index (χ1n) is 11.2. The van der Waals surface area contributed by atoms with Crippen LogP contribution in [0.1, 0.15) is 36.1 Å². The second-order valence-electron chi connectivity index (χ2n) is 9.34. The van der Waals surface area contributed by atoms with Crippen LogP contribution in [0.4, 0.5) is 5.69 Å². The number of aldehydes is 1. The summed E-state index contributed by atoms with van der Waals surface area (Å²) in [5.41, 5.74) is 1.79. The van der Waals surface area contributed by atoms with Crippen LogP contribution in [0, 0.1) is 11.8 Å². The van der Waals surface area contributed by atoms with Crippen LogP contribution >= 0.6 is 0 Å². The molecule has 0 radical (unpaired) electrons. The van der Waals surface area contributed by atoms with E-state index in [-0.39, 0.29) is 5.91 Å². The summed E-state index contributed by atoms with van der Waals surface area (Å²) in [6, 6.07) is 21.6. The first-order valence-corrected chi connectivity index (χ1v) is 11.2. The van der Waals surface area contributed by atoms with Crippen molar-refractivity contribution >= 4 is 29.8 Å². The number of hydrogen-bond donors (Lipinski definition) is 0. The Bertz CT molecular complexity index is 1360. The number of nitrogens with zero attached hydrogens (tertiary/aromatic N) is 1. The molecule has 2 atom stereocenters. The molecule has 0 saturated carbocycles. The normalized spacial score (nSPS) is 28.2. The minimum atomic E-state index is -1.24. The highest BCUT2D eigenvalue weighted by Crippen LogP contribution is 2.66. The van der Waals surface area contributed by atoms with Crippen molar-refractivity contribution in [3.63, 3.8) is 0 Å². The van der Waals surface area contributed by atoms with E-state index in [0.717, 1.165) is 28.5 Å². The molecule has 4 aliphatic rings. The Labute approximate surface area is 196 Å². The van der Waals surface area contributed by atoms with Gasteiger partial charge in [0.05, 0.1) is 22.9 Å². The molecule has 34 heavy (non-hydrogen) atoms. The monoisotopic (exact) mass is 451 g/mol. The third-order valence-corrected chi connectivity index (χ3v) is 7.83. The first-order chi connectivity index (χ1) is 16.4. The standard InChI is InChI=1S/C28H21NO5/c1-16(31)34-18-13-11-17(12-14-18)29-25(32)23-24(26(29)33)28(15-30)21-9-5-3-7-19(21)27(23,2)20-8-4-6-10-22(20)28/h3-15,23-24H,1-2H3/t23-,24-,27?,28?/m1/s1. The molecular formula is C28H21NO5. The van der Waals surface area contributed by atoms with Crippen LogP contribution in [0.3, 0.4) is 0 Å². The van der Waals surface area contributed by atoms with Crippen molar-refractivity contribution in [1.82, 2.24) is 0 Å². The van der Waals surface area contributed by atoms with Gasteiger partial charge in [0.15, 0.2) is 0 Å². The average molecular weight is 451 g/mol. The molecule has 1 fully saturated rings. The zero-order valence-corrected chi connectivity index (χ0v) is 18.6. The molecular weight excluding hydrogens is 430 g/mol. The van der Waals surface area contributed by atoms with E-state index in [0.29, 0.717) is 11.4 Å². The van der Waals surface area contributed by atoms with E-state index in [1.807, 2.05) is 55.5 Å². The number of ether oxygens (including phenoxy) is 1. The van der Waals surface area contributed by atoms with Gasteiger partial charge in [0.25, 0.3) is 0 Å². The summed E-state index contributed by atoms with van der Waals surface area (Å²) >= 11 is 0. The Morgan fingerprint density at radius 1 is 0.824 bits per heavy atom. The van der Waals surface area contributed by atoms with Crippen LogP contribution in [0.25, 0.3) is 0 Å². The fraction of sp³-hybridized carbons (Fsp3) is 0.214. The van der Waals surface area contributed by atoms with Gasteiger partial charge in [-0.3, -0.25) is 14.4 Å². The van der Waals surface area contributed by atoms with Gasteiger partial charge in [-0.25, -0.2) is 4.90 Å². The van der Waals surface area contributed by atoms with Crippen molar-refractivity contribution < 1.29 is 23.9 Å². The molecule has 6 heteroatoms. The third kappa shape index (κ3) is 2.25. The summed E-state index contributed by atoms with van der Waals surface area (Å²) in [4.78, 5) is 53.5. The van der Waals surface area contributed by atoms with E-state index < -0.39 is 34.5 Å². The van der Waals surface area contributed by atoms with E-state index in [9.17, 15) is 19.2 Å². The number of hydrogen-bond acceptors (Lipinski definition) is 5. The molecule has 2 amide bonds. The van der Waals surface area contributed by atoms with Crippen molar-refractivity contribution in [2.24, 2.45) is 11.8 Å². The van der Waals surface area contributed by atoms with Crippen LogP contribution in [-0.2, 0) is 30.0 Å². The molecule has 3 aromatic carbocycles. The maximum atomic E-state index is 14.0. The molecule has 168 valence electrons. The van der Waals surface area contributed by atoms with Crippen LogP contribution in [0.5, 0.6) is 5.75 Å². The number of anilines is 1. The number of amides is 2. The van der Waals surface area contributed by atoms with E-state index in [1.165, 1.54) is 11.8 Å². The number of esters is 1. The van der Waals surface area contributed by atoms with Crippen molar-refractivity contribution in [1.29, 1.82) is 0 Å². The molecule has 6 nitrogen and oxygen atoms in total. The second kappa shape index (κ2) is 6.73. The Hall–Kier alpha value is -4.06. The van der Waals surface area contributed by atoms with Crippen molar-refractivity contribution in [2.45, 2.75) is 24.7 Å². The van der Waals surface area contributed by atoms with Gasteiger partial charge in [0, 0.05) is 12.3 Å². The molecule has 0 spiro atoms. The van der Waals surface area contributed by atoms with Gasteiger partial charge in [0.1, 0.15) is 12.0 Å². The van der Waals surface area contributed by atoms with Gasteiger partial charge in [-0.2, -0.15) is 0 Å². The minimum absolute atomic E-state index is 0.323. The quantitative estimate of drug-likeness (QED) is 0.263. The highest BCUT2D eigenvalue weighted by Gasteiger charge is 2.72. The lowest BCUT2D eigenvalue weighted by Crippen LogP contribution is -2.61. The van der Waals surface area contributed by atoms with Crippen molar-refractivity contribution in [2.75, 3.05) is 4.90 Å². The molecule has 7 rings (SSSR count). The molecule has 3 aromatic rings. The summed E-state index contributed by atoms with van der Waals surface area (Å²) in [5.74, 6) is -2.42. The number of benzene rings is 3. The van der Waals surface area contributed by atoms with E-state index in [2.05, 4.69) is 0 Å². The first kappa shape index (κ1) is 20.5. The van der Waals surface area contributed by atoms with E-state index in [4.69, 9.17) is 4.74 Å². The lowest BCUT2D eigenvalue weighted by atomic mass is 9.42. The molecule has 1 aliphatic heterocycles. The summed E-state index contributed by atoms with van der Waals surface area (Å²) in [5, 5.41) is 0. The van der Waals surface area contributed by atoms with Gasteiger partial charge >= 0.3 is 5.97 Å². The predicted molar refractivity (Wildman–Crippen MR) is 123 cm³/mol. The Morgan fingerprint density at radius 2 is 1.32 bits per heavy atom. The highest BCUT2D eigenvalue weighted by molar-refractivity contribution is 6.25. The van der Waals surface area contributed by atoms with Crippen LogP contribution in [0.2, 0.25) is 0 Å². The summed E-state index contributed by atoms with van der Waals surface area (Å²) in [6.45, 7) is 3.31. The Balaban J connectivity index is 1.57. The maximum Gasteiger partial charge on any atom is 0.308 e. The third-order valence-electron chi connectivity index (χ3n) is 7.83. The topological polar surface area (TPSA) is 80.8 Å². The lowest BCUT2D eigenvalue weighted by Gasteiger charge is -2.56. The van der Waals surface area contributed by atoms with E-state index >= 15 is 0 Å². The van der Waals surface area contributed by atoms with Crippen LogP contribution in [-0.4, -0.2) is 24.1 Å². The van der Waals surface area contributed by atoms with Crippen LogP contribution < -0.4 is 9.64 Å². The fourth-order valence-electron chi connectivity index (χ4n) is 6.55. The molecule has 2 bridgehead atoms. The number of rotatable bonds is 3. The van der Waals surface area contributed by atoms with Gasteiger partial charge in [-0.05, 0) is 46.5 Å². The second-order valence-corrected chi connectivity index (χ2v) is 9.34. The van der Waals surface area contributed by atoms with Crippen molar-refractivity contribution in [3.05, 3.63) is 95.1 Å². The lowest BCUT2D eigenvalue weighted by molar-refractivity contribution is -0.132. The Kier molecular flexibility index (Phi) is 4.07. The van der Waals surface area contributed by atoms with Gasteiger partial charge in [-0.15, -0.1) is 0 Å². The maximum absolute atomic E-state index is 14.0. The zero-order chi connectivity index (χ0) is 23.8. The Morgan fingerprint density at radius 3 is 1.82 bits per heavy atom. The zero-order valence-electron chi connectivity index (χ0n) is 18.6. The summed E-state index contributed by atoms with van der Waals surface area (Å²) in [6.07, 6.45) is 0.861. The van der Waals surface area contributed by atoms with Crippen molar-refractivity contribution in [3.8, 4) is 5.75 Å². The number of carbonyl (C=O) groups is 4. The summed E-state index contributed by atoms with van der Waals surface area (Å²) in [7, 11) is 0. The molecule has 1 saturated heterocycles. The number of imide groups is 1. The highest BCUT2D eigenvalue weighted by atomic mass is 16.5. The summed E-state index contributed by atoms with van der Waals surface area (Å²) < 4.78 is 5.08. The SMILES string of the molecule is CC(=O)Oc1ccc(N2C(=O)[C@H]3[C@H](C2=O)C2(C=O)c4ccccc4C3(C)c3ccccc32)cc1.